The van der Waals surface area contributed by atoms with Gasteiger partial charge in [-0.3, -0.25) is 9.98 Å². The van der Waals surface area contributed by atoms with Gasteiger partial charge in [0.05, 0.1) is 5.52 Å². The minimum absolute atomic E-state index is 0.354. The van der Waals surface area contributed by atoms with Crippen LogP contribution in [-0.2, 0) is 11.2 Å². The predicted octanol–water partition coefficient (Wildman–Crippen LogP) is 3.54. The fraction of sp³-hybridized carbons (Fsp3) is 0.545. The van der Waals surface area contributed by atoms with E-state index in [1.54, 1.807) is 7.11 Å². The first-order valence-corrected chi connectivity index (χ1v) is 10.0. The van der Waals surface area contributed by atoms with E-state index in [-0.39, 0.29) is 0 Å². The average Bonchev–Trinajstić information content (AvgIpc) is 3.18. The van der Waals surface area contributed by atoms with Crippen LogP contribution in [0, 0.1) is 5.41 Å². The van der Waals surface area contributed by atoms with Crippen LogP contribution in [0.2, 0.25) is 0 Å². The number of rotatable bonds is 8. The van der Waals surface area contributed by atoms with E-state index in [9.17, 15) is 0 Å². The number of aliphatic imine (C=N–C) groups is 1. The molecule has 5 heteroatoms. The average molecular weight is 369 g/mol. The van der Waals surface area contributed by atoms with Crippen molar-refractivity contribution in [2.24, 2.45) is 10.4 Å². The second kappa shape index (κ2) is 9.70. The number of pyridine rings is 1. The highest BCUT2D eigenvalue weighted by Gasteiger charge is 2.33. The second-order valence-electron chi connectivity index (χ2n) is 7.54. The highest BCUT2D eigenvalue weighted by atomic mass is 16.5. The van der Waals surface area contributed by atoms with Gasteiger partial charge in [0.25, 0.3) is 0 Å². The molecule has 0 bridgehead atoms. The highest BCUT2D eigenvalue weighted by molar-refractivity contribution is 5.82. The SMILES string of the molecule is CN=C(NCCc1cccc2cccnc12)NCC1(CCOC)CCCC1. The van der Waals surface area contributed by atoms with Crippen LogP contribution in [0.25, 0.3) is 10.9 Å². The van der Waals surface area contributed by atoms with Crippen LogP contribution >= 0.6 is 0 Å². The third-order valence-corrected chi connectivity index (χ3v) is 5.76. The van der Waals surface area contributed by atoms with Crippen molar-refractivity contribution >= 4 is 16.9 Å². The van der Waals surface area contributed by atoms with Gasteiger partial charge < -0.3 is 15.4 Å². The number of nitrogens with zero attached hydrogens (tertiary/aromatic N) is 2. The minimum Gasteiger partial charge on any atom is -0.385 e. The van der Waals surface area contributed by atoms with Gasteiger partial charge in [0, 0.05) is 45.4 Å². The van der Waals surface area contributed by atoms with Crippen LogP contribution in [0.3, 0.4) is 0 Å². The van der Waals surface area contributed by atoms with Gasteiger partial charge in [-0.05, 0) is 42.7 Å². The molecule has 0 atom stereocenters. The van der Waals surface area contributed by atoms with E-state index < -0.39 is 0 Å². The third kappa shape index (κ3) is 5.19. The zero-order chi connectivity index (χ0) is 19.0. The van der Waals surface area contributed by atoms with Crippen molar-refractivity contribution < 1.29 is 4.74 Å². The molecule has 1 heterocycles. The van der Waals surface area contributed by atoms with Crippen LogP contribution in [-0.4, -0.2) is 44.8 Å². The van der Waals surface area contributed by atoms with Crippen molar-refractivity contribution in [2.75, 3.05) is 33.9 Å². The van der Waals surface area contributed by atoms with Crippen molar-refractivity contribution in [2.45, 2.75) is 38.5 Å². The van der Waals surface area contributed by atoms with Crippen molar-refractivity contribution in [3.8, 4) is 0 Å². The van der Waals surface area contributed by atoms with Crippen LogP contribution in [0.1, 0.15) is 37.7 Å². The molecule has 0 amide bonds. The molecule has 2 N–H and O–H groups in total. The Balaban J connectivity index is 1.52. The first-order chi connectivity index (χ1) is 13.3. The molecule has 0 aliphatic heterocycles. The van der Waals surface area contributed by atoms with Gasteiger partial charge in [-0.2, -0.15) is 0 Å². The molecule has 1 aliphatic carbocycles. The first-order valence-electron chi connectivity index (χ1n) is 10.0. The number of aromatic nitrogens is 1. The number of benzene rings is 1. The zero-order valence-electron chi connectivity index (χ0n) is 16.6. The second-order valence-corrected chi connectivity index (χ2v) is 7.54. The van der Waals surface area contributed by atoms with Gasteiger partial charge in [-0.25, -0.2) is 0 Å². The Morgan fingerprint density at radius 2 is 2.00 bits per heavy atom. The lowest BCUT2D eigenvalue weighted by Crippen LogP contribution is -2.43. The van der Waals surface area contributed by atoms with Crippen LogP contribution in [0.4, 0.5) is 0 Å². The van der Waals surface area contributed by atoms with Gasteiger partial charge in [0.1, 0.15) is 0 Å². The van der Waals surface area contributed by atoms with E-state index in [4.69, 9.17) is 4.74 Å². The van der Waals surface area contributed by atoms with Crippen LogP contribution < -0.4 is 10.6 Å². The Kier molecular flexibility index (Phi) is 7.04. The third-order valence-electron chi connectivity index (χ3n) is 5.76. The molecular weight excluding hydrogens is 336 g/mol. The topological polar surface area (TPSA) is 58.5 Å². The summed E-state index contributed by atoms with van der Waals surface area (Å²) in [4.78, 5) is 8.94. The standard InChI is InChI=1S/C22H32N4O/c1-23-21(26-17-22(13-16-27-2)11-3-4-12-22)25-15-10-19-8-5-7-18-9-6-14-24-20(18)19/h5-9,14H,3-4,10-13,15-17H2,1-2H3,(H2,23,25,26). The van der Waals surface area contributed by atoms with E-state index in [2.05, 4.69) is 44.9 Å². The Hall–Kier alpha value is -2.14. The van der Waals surface area contributed by atoms with Crippen molar-refractivity contribution in [3.63, 3.8) is 0 Å². The summed E-state index contributed by atoms with van der Waals surface area (Å²) in [5, 5.41) is 8.21. The van der Waals surface area contributed by atoms with Crippen LogP contribution in [0.15, 0.2) is 41.5 Å². The lowest BCUT2D eigenvalue weighted by molar-refractivity contribution is 0.138. The maximum absolute atomic E-state index is 5.33. The Morgan fingerprint density at radius 3 is 2.78 bits per heavy atom. The fourth-order valence-corrected chi connectivity index (χ4v) is 4.14. The first kappa shape index (κ1) is 19.6. The molecule has 0 unspecified atom stereocenters. The maximum atomic E-state index is 5.33. The zero-order valence-corrected chi connectivity index (χ0v) is 16.6. The lowest BCUT2D eigenvalue weighted by atomic mass is 9.83. The van der Waals surface area contributed by atoms with E-state index >= 15 is 0 Å². The number of ether oxygens (including phenoxy) is 1. The molecule has 0 radical (unpaired) electrons. The molecule has 1 aromatic carbocycles. The van der Waals surface area contributed by atoms with Crippen molar-refractivity contribution in [1.29, 1.82) is 0 Å². The molecule has 2 aromatic rings. The number of nitrogens with one attached hydrogen (secondary N) is 2. The summed E-state index contributed by atoms with van der Waals surface area (Å²) >= 11 is 0. The fourth-order valence-electron chi connectivity index (χ4n) is 4.14. The minimum atomic E-state index is 0.354. The largest absolute Gasteiger partial charge is 0.385 e. The predicted molar refractivity (Wildman–Crippen MR) is 112 cm³/mol. The van der Waals surface area contributed by atoms with Crippen LogP contribution in [0.5, 0.6) is 0 Å². The summed E-state index contributed by atoms with van der Waals surface area (Å²) in [5.41, 5.74) is 2.71. The summed E-state index contributed by atoms with van der Waals surface area (Å²) in [7, 11) is 3.63. The van der Waals surface area contributed by atoms with Gasteiger partial charge in [-0.15, -0.1) is 0 Å². The van der Waals surface area contributed by atoms with Gasteiger partial charge in [0.2, 0.25) is 0 Å². The summed E-state index contributed by atoms with van der Waals surface area (Å²) in [6.07, 6.45) is 9.11. The molecule has 1 aliphatic rings. The summed E-state index contributed by atoms with van der Waals surface area (Å²) < 4.78 is 5.33. The quantitative estimate of drug-likeness (QED) is 0.553. The van der Waals surface area contributed by atoms with E-state index in [1.165, 1.54) is 36.6 Å². The Labute approximate surface area is 162 Å². The number of hydrogen-bond acceptors (Lipinski definition) is 3. The monoisotopic (exact) mass is 368 g/mol. The lowest BCUT2D eigenvalue weighted by Gasteiger charge is -2.30. The number of fused-ring (bicyclic) bond motifs is 1. The van der Waals surface area contributed by atoms with Gasteiger partial charge >= 0.3 is 0 Å². The van der Waals surface area contributed by atoms with E-state index in [0.717, 1.165) is 44.0 Å². The number of guanidine groups is 1. The molecule has 1 aromatic heterocycles. The molecule has 5 nitrogen and oxygen atoms in total. The molecule has 27 heavy (non-hydrogen) atoms. The highest BCUT2D eigenvalue weighted by Crippen LogP contribution is 2.40. The maximum Gasteiger partial charge on any atom is 0.191 e. The van der Waals surface area contributed by atoms with E-state index in [1.807, 2.05) is 19.3 Å². The van der Waals surface area contributed by atoms with E-state index in [0.29, 0.717) is 5.41 Å². The van der Waals surface area contributed by atoms with Gasteiger partial charge in [0.15, 0.2) is 5.96 Å². The molecular formula is C22H32N4O. The number of para-hydroxylation sites is 1. The summed E-state index contributed by atoms with van der Waals surface area (Å²) in [6, 6.07) is 10.5. The number of methoxy groups -OCH3 is 1. The Morgan fingerprint density at radius 1 is 1.19 bits per heavy atom. The Bertz CT molecular complexity index is 748. The molecule has 0 spiro atoms. The molecule has 1 fully saturated rings. The smallest absolute Gasteiger partial charge is 0.191 e. The van der Waals surface area contributed by atoms with Crippen molar-refractivity contribution in [3.05, 3.63) is 42.1 Å². The summed E-state index contributed by atoms with van der Waals surface area (Å²) in [5.74, 6) is 0.881. The molecule has 0 saturated heterocycles. The molecule has 3 rings (SSSR count). The van der Waals surface area contributed by atoms with Gasteiger partial charge in [-0.1, -0.05) is 37.1 Å². The molecule has 146 valence electrons. The molecule has 1 saturated carbocycles. The normalized spacial score (nSPS) is 16.6. The number of hydrogen-bond donors (Lipinski definition) is 2. The van der Waals surface area contributed by atoms with Crippen molar-refractivity contribution in [1.82, 2.24) is 15.6 Å². The summed E-state index contributed by atoms with van der Waals surface area (Å²) in [6.45, 7) is 2.63.